The number of ether oxygens (including phenoxy) is 2. The van der Waals surface area contributed by atoms with E-state index < -0.39 is 18.5 Å². The van der Waals surface area contributed by atoms with Gasteiger partial charge in [0.15, 0.2) is 6.61 Å². The van der Waals surface area contributed by atoms with Crippen molar-refractivity contribution in [2.24, 2.45) is 0 Å². The summed E-state index contributed by atoms with van der Waals surface area (Å²) in [7, 11) is 0. The lowest BCUT2D eigenvalue weighted by atomic mass is 10.1. The Labute approximate surface area is 219 Å². The molecule has 0 bridgehead atoms. The third kappa shape index (κ3) is 7.95. The van der Waals surface area contributed by atoms with E-state index >= 15 is 0 Å². The summed E-state index contributed by atoms with van der Waals surface area (Å²) in [6, 6.07) is 16.5. The standard InChI is InChI=1S/C28H29BrN2O5/c1-17-5-8-24(15-18(17)2)36-23-9-6-21(7-10-23)30-25(32)11-12-27(34)35-16-26(33)31-22-13-19(3)28(29)20(4)14-22/h5-10,13-15H,11-12,16H2,1-4H3,(H,30,32)(H,31,33). The fourth-order valence-corrected chi connectivity index (χ4v) is 3.62. The Kier molecular flexibility index (Phi) is 9.25. The predicted octanol–water partition coefficient (Wildman–Crippen LogP) is 6.38. The fraction of sp³-hybridized carbons (Fsp3) is 0.250. The highest BCUT2D eigenvalue weighted by molar-refractivity contribution is 9.10. The second kappa shape index (κ2) is 12.4. The maximum atomic E-state index is 12.2. The van der Waals surface area contributed by atoms with E-state index in [-0.39, 0.29) is 18.7 Å². The van der Waals surface area contributed by atoms with E-state index in [4.69, 9.17) is 9.47 Å². The molecule has 0 aliphatic carbocycles. The van der Waals surface area contributed by atoms with Crippen molar-refractivity contribution >= 4 is 45.1 Å². The van der Waals surface area contributed by atoms with Gasteiger partial charge in [-0.1, -0.05) is 22.0 Å². The number of amides is 2. The summed E-state index contributed by atoms with van der Waals surface area (Å²) < 4.78 is 11.8. The molecule has 0 fully saturated rings. The number of benzene rings is 3. The molecule has 7 nitrogen and oxygen atoms in total. The number of rotatable bonds is 9. The first-order valence-electron chi connectivity index (χ1n) is 11.5. The van der Waals surface area contributed by atoms with Crippen LogP contribution in [0.4, 0.5) is 11.4 Å². The van der Waals surface area contributed by atoms with Gasteiger partial charge in [-0.3, -0.25) is 14.4 Å². The van der Waals surface area contributed by atoms with Gasteiger partial charge in [0, 0.05) is 22.3 Å². The number of halogens is 1. The summed E-state index contributed by atoms with van der Waals surface area (Å²) in [6.45, 7) is 7.49. The minimum atomic E-state index is -0.624. The second-order valence-corrected chi connectivity index (χ2v) is 9.35. The van der Waals surface area contributed by atoms with Crippen LogP contribution in [0, 0.1) is 27.7 Å². The third-order valence-electron chi connectivity index (χ3n) is 5.49. The first-order chi connectivity index (χ1) is 17.1. The quantitative estimate of drug-likeness (QED) is 0.300. The summed E-state index contributed by atoms with van der Waals surface area (Å²) >= 11 is 3.48. The minimum Gasteiger partial charge on any atom is -0.457 e. The molecule has 0 unspecified atom stereocenters. The molecule has 0 aromatic heterocycles. The highest BCUT2D eigenvalue weighted by atomic mass is 79.9. The number of esters is 1. The molecule has 3 aromatic carbocycles. The molecule has 2 N–H and O–H groups in total. The van der Waals surface area contributed by atoms with Crippen LogP contribution in [0.3, 0.4) is 0 Å². The van der Waals surface area contributed by atoms with Gasteiger partial charge in [0.25, 0.3) is 5.91 Å². The molecule has 0 aliphatic heterocycles. The van der Waals surface area contributed by atoms with Crippen LogP contribution in [0.1, 0.15) is 35.1 Å². The summed E-state index contributed by atoms with van der Waals surface area (Å²) in [5.41, 5.74) is 5.51. The SMILES string of the molecule is Cc1ccc(Oc2ccc(NC(=O)CCC(=O)OCC(=O)Nc3cc(C)c(Br)c(C)c3)cc2)cc1C. The zero-order valence-corrected chi connectivity index (χ0v) is 22.3. The average molecular weight is 553 g/mol. The van der Waals surface area contributed by atoms with Gasteiger partial charge < -0.3 is 20.1 Å². The number of anilines is 2. The lowest BCUT2D eigenvalue weighted by Gasteiger charge is -2.10. The topological polar surface area (TPSA) is 93.7 Å². The molecule has 0 radical (unpaired) electrons. The van der Waals surface area contributed by atoms with Crippen molar-refractivity contribution in [3.8, 4) is 11.5 Å². The van der Waals surface area contributed by atoms with Crippen LogP contribution >= 0.6 is 15.9 Å². The zero-order valence-electron chi connectivity index (χ0n) is 20.7. The summed E-state index contributed by atoms with van der Waals surface area (Å²) in [4.78, 5) is 36.3. The van der Waals surface area contributed by atoms with Crippen LogP contribution in [0.5, 0.6) is 11.5 Å². The third-order valence-corrected chi connectivity index (χ3v) is 6.74. The second-order valence-electron chi connectivity index (χ2n) is 8.55. The minimum absolute atomic E-state index is 0.0630. The molecule has 0 saturated carbocycles. The van der Waals surface area contributed by atoms with Gasteiger partial charge in [0.05, 0.1) is 6.42 Å². The largest absolute Gasteiger partial charge is 0.457 e. The monoisotopic (exact) mass is 552 g/mol. The van der Waals surface area contributed by atoms with Gasteiger partial charge in [-0.2, -0.15) is 0 Å². The maximum absolute atomic E-state index is 12.2. The van der Waals surface area contributed by atoms with E-state index in [9.17, 15) is 14.4 Å². The van der Waals surface area contributed by atoms with Gasteiger partial charge in [-0.25, -0.2) is 0 Å². The maximum Gasteiger partial charge on any atom is 0.306 e. The van der Waals surface area contributed by atoms with E-state index in [0.29, 0.717) is 17.1 Å². The van der Waals surface area contributed by atoms with Crippen molar-refractivity contribution in [1.29, 1.82) is 0 Å². The van der Waals surface area contributed by atoms with E-state index in [1.807, 2.05) is 58.0 Å². The molecule has 0 spiro atoms. The number of carbonyl (C=O) groups is 3. The predicted molar refractivity (Wildman–Crippen MR) is 144 cm³/mol. The normalized spacial score (nSPS) is 10.5. The lowest BCUT2D eigenvalue weighted by molar-refractivity contribution is -0.147. The molecule has 8 heteroatoms. The molecule has 2 amide bonds. The first-order valence-corrected chi connectivity index (χ1v) is 12.3. The van der Waals surface area contributed by atoms with Crippen LogP contribution in [-0.4, -0.2) is 24.4 Å². The Morgan fingerprint density at radius 3 is 1.94 bits per heavy atom. The van der Waals surface area contributed by atoms with Gasteiger partial charge in [-0.15, -0.1) is 0 Å². The molecule has 3 aromatic rings. The molecule has 188 valence electrons. The van der Waals surface area contributed by atoms with E-state index in [2.05, 4.69) is 26.6 Å². The molecule has 0 atom stereocenters. The molecule has 36 heavy (non-hydrogen) atoms. The molecule has 0 aliphatic rings. The molecular formula is C28H29BrN2O5. The van der Waals surface area contributed by atoms with E-state index in [0.717, 1.165) is 26.9 Å². The van der Waals surface area contributed by atoms with Gasteiger partial charge >= 0.3 is 5.97 Å². The van der Waals surface area contributed by atoms with Crippen molar-refractivity contribution in [2.45, 2.75) is 40.5 Å². The van der Waals surface area contributed by atoms with Crippen molar-refractivity contribution in [3.05, 3.63) is 81.3 Å². The average Bonchev–Trinajstić information content (AvgIpc) is 2.83. The van der Waals surface area contributed by atoms with Crippen molar-refractivity contribution in [2.75, 3.05) is 17.2 Å². The van der Waals surface area contributed by atoms with Crippen molar-refractivity contribution in [3.63, 3.8) is 0 Å². The number of hydrogen-bond donors (Lipinski definition) is 2. The van der Waals surface area contributed by atoms with Crippen molar-refractivity contribution < 1.29 is 23.9 Å². The van der Waals surface area contributed by atoms with E-state index in [1.54, 1.807) is 24.3 Å². The molecular weight excluding hydrogens is 524 g/mol. The summed E-state index contributed by atoms with van der Waals surface area (Å²) in [5.74, 6) is -0.0200. The summed E-state index contributed by atoms with van der Waals surface area (Å²) in [6.07, 6.45) is -0.198. The summed E-state index contributed by atoms with van der Waals surface area (Å²) in [5, 5.41) is 5.43. The number of hydrogen-bond acceptors (Lipinski definition) is 5. The van der Waals surface area contributed by atoms with Gasteiger partial charge in [-0.05, 0) is 98.5 Å². The smallest absolute Gasteiger partial charge is 0.306 e. The lowest BCUT2D eigenvalue weighted by Crippen LogP contribution is -2.22. The Bertz CT molecular complexity index is 1250. The first kappa shape index (κ1) is 26.9. The van der Waals surface area contributed by atoms with Crippen LogP contribution in [0.15, 0.2) is 59.1 Å². The van der Waals surface area contributed by atoms with Crippen LogP contribution in [0.2, 0.25) is 0 Å². The highest BCUT2D eigenvalue weighted by Gasteiger charge is 2.12. The van der Waals surface area contributed by atoms with E-state index in [1.165, 1.54) is 5.56 Å². The van der Waals surface area contributed by atoms with Crippen molar-refractivity contribution in [1.82, 2.24) is 0 Å². The Morgan fingerprint density at radius 1 is 0.694 bits per heavy atom. The fourth-order valence-electron chi connectivity index (χ4n) is 3.39. The Hall–Kier alpha value is -3.65. The van der Waals surface area contributed by atoms with Crippen LogP contribution in [-0.2, 0) is 19.1 Å². The molecule has 0 heterocycles. The number of nitrogens with one attached hydrogen (secondary N) is 2. The molecule has 3 rings (SSSR count). The molecule has 0 saturated heterocycles. The Morgan fingerprint density at radius 2 is 1.31 bits per heavy atom. The number of aryl methyl sites for hydroxylation is 4. The van der Waals surface area contributed by atoms with Crippen LogP contribution in [0.25, 0.3) is 0 Å². The number of carbonyl (C=O) groups excluding carboxylic acids is 3. The van der Waals surface area contributed by atoms with Gasteiger partial charge in [0.2, 0.25) is 5.91 Å². The zero-order chi connectivity index (χ0) is 26.2. The van der Waals surface area contributed by atoms with Crippen LogP contribution < -0.4 is 15.4 Å². The van der Waals surface area contributed by atoms with Gasteiger partial charge in [0.1, 0.15) is 11.5 Å². The highest BCUT2D eigenvalue weighted by Crippen LogP contribution is 2.26. The Balaban J connectivity index is 1.39.